The second kappa shape index (κ2) is 5.89. The predicted octanol–water partition coefficient (Wildman–Crippen LogP) is 2.68. The third-order valence-electron chi connectivity index (χ3n) is 2.67. The Bertz CT molecular complexity index is 298. The molecule has 2 unspecified atom stereocenters. The normalized spacial score (nSPS) is 14.9. The number of ether oxygens (including phenoxy) is 1. The fourth-order valence-corrected chi connectivity index (χ4v) is 1.77. The summed E-state index contributed by atoms with van der Waals surface area (Å²) >= 11 is 0. The maximum absolute atomic E-state index is 5.40. The first-order valence-electron chi connectivity index (χ1n) is 5.51. The van der Waals surface area contributed by atoms with Gasteiger partial charge in [-0.3, -0.25) is 0 Å². The highest BCUT2D eigenvalue weighted by atomic mass is 16.5. The van der Waals surface area contributed by atoms with Gasteiger partial charge in [-0.05, 0) is 26.0 Å². The van der Waals surface area contributed by atoms with Gasteiger partial charge in [0, 0.05) is 7.11 Å². The van der Waals surface area contributed by atoms with E-state index in [4.69, 9.17) is 4.74 Å². The number of aryl methyl sites for hydroxylation is 1. The van der Waals surface area contributed by atoms with Gasteiger partial charge in [-0.2, -0.15) is 0 Å². The number of methoxy groups -OCH3 is 1. The zero-order chi connectivity index (χ0) is 11.3. The summed E-state index contributed by atoms with van der Waals surface area (Å²) in [6, 6.07) is 8.85. The molecule has 0 aromatic heterocycles. The van der Waals surface area contributed by atoms with Gasteiger partial charge in [0.25, 0.3) is 0 Å². The number of rotatable bonds is 5. The zero-order valence-electron chi connectivity index (χ0n) is 10.1. The van der Waals surface area contributed by atoms with E-state index in [1.54, 1.807) is 7.11 Å². The Balaban J connectivity index is 2.88. The molecule has 0 saturated carbocycles. The first kappa shape index (κ1) is 12.2. The van der Waals surface area contributed by atoms with Crippen LogP contribution in [0.1, 0.15) is 31.0 Å². The van der Waals surface area contributed by atoms with Crippen molar-refractivity contribution in [3.8, 4) is 0 Å². The van der Waals surface area contributed by atoms with Gasteiger partial charge >= 0.3 is 0 Å². The fourth-order valence-electron chi connectivity index (χ4n) is 1.77. The van der Waals surface area contributed by atoms with Crippen LogP contribution in [-0.4, -0.2) is 19.8 Å². The molecule has 0 amide bonds. The Morgan fingerprint density at radius 2 is 2.13 bits per heavy atom. The molecule has 0 radical (unpaired) electrons. The van der Waals surface area contributed by atoms with Crippen LogP contribution >= 0.6 is 0 Å². The van der Waals surface area contributed by atoms with Crippen molar-refractivity contribution in [3.05, 3.63) is 35.4 Å². The summed E-state index contributed by atoms with van der Waals surface area (Å²) < 4.78 is 5.40. The van der Waals surface area contributed by atoms with E-state index in [1.165, 1.54) is 11.1 Å². The maximum Gasteiger partial charge on any atom is 0.0737 e. The number of hydrogen-bond donors (Lipinski definition) is 1. The smallest absolute Gasteiger partial charge is 0.0737 e. The largest absolute Gasteiger partial charge is 0.380 e. The van der Waals surface area contributed by atoms with Crippen molar-refractivity contribution >= 4 is 0 Å². The van der Waals surface area contributed by atoms with Gasteiger partial charge in [-0.25, -0.2) is 0 Å². The molecule has 0 heterocycles. The van der Waals surface area contributed by atoms with E-state index in [0.717, 1.165) is 6.54 Å². The standard InChI is InChI=1S/C13H21NO/c1-5-14-13(11(3)15-4)12-8-6-7-10(2)9-12/h6-9,11,13-14H,5H2,1-4H3. The van der Waals surface area contributed by atoms with E-state index in [0.29, 0.717) is 0 Å². The quantitative estimate of drug-likeness (QED) is 0.801. The number of likely N-dealkylation sites (N-methyl/N-ethyl adjacent to an activating group) is 1. The van der Waals surface area contributed by atoms with Crippen LogP contribution in [-0.2, 0) is 4.74 Å². The van der Waals surface area contributed by atoms with Gasteiger partial charge in [0.2, 0.25) is 0 Å². The summed E-state index contributed by atoms with van der Waals surface area (Å²) in [7, 11) is 1.75. The van der Waals surface area contributed by atoms with Crippen molar-refractivity contribution in [2.75, 3.05) is 13.7 Å². The molecule has 2 atom stereocenters. The minimum Gasteiger partial charge on any atom is -0.380 e. The Morgan fingerprint density at radius 1 is 1.40 bits per heavy atom. The average Bonchev–Trinajstić information content (AvgIpc) is 2.25. The lowest BCUT2D eigenvalue weighted by molar-refractivity contribution is 0.0836. The molecule has 2 nitrogen and oxygen atoms in total. The highest BCUT2D eigenvalue weighted by Gasteiger charge is 2.17. The van der Waals surface area contributed by atoms with E-state index >= 15 is 0 Å². The Kier molecular flexibility index (Phi) is 4.79. The van der Waals surface area contributed by atoms with Crippen LogP contribution in [0.15, 0.2) is 24.3 Å². The predicted molar refractivity (Wildman–Crippen MR) is 64.1 cm³/mol. The van der Waals surface area contributed by atoms with E-state index in [1.807, 2.05) is 0 Å². The summed E-state index contributed by atoms with van der Waals surface area (Å²) in [6.07, 6.45) is 0.187. The van der Waals surface area contributed by atoms with Crippen molar-refractivity contribution in [2.45, 2.75) is 32.9 Å². The Hall–Kier alpha value is -0.860. The molecule has 15 heavy (non-hydrogen) atoms. The average molecular weight is 207 g/mol. The molecular weight excluding hydrogens is 186 g/mol. The molecule has 0 aliphatic heterocycles. The van der Waals surface area contributed by atoms with Crippen molar-refractivity contribution < 1.29 is 4.74 Å². The summed E-state index contributed by atoms with van der Waals surface area (Å²) in [6.45, 7) is 7.27. The summed E-state index contributed by atoms with van der Waals surface area (Å²) in [5, 5.41) is 3.45. The van der Waals surface area contributed by atoms with Crippen LogP contribution in [0, 0.1) is 6.92 Å². The molecule has 0 fully saturated rings. The first-order chi connectivity index (χ1) is 7.19. The van der Waals surface area contributed by atoms with Crippen LogP contribution in [0.3, 0.4) is 0 Å². The highest BCUT2D eigenvalue weighted by Crippen LogP contribution is 2.19. The van der Waals surface area contributed by atoms with Crippen molar-refractivity contribution in [2.24, 2.45) is 0 Å². The molecule has 1 aromatic rings. The topological polar surface area (TPSA) is 21.3 Å². The van der Waals surface area contributed by atoms with E-state index in [9.17, 15) is 0 Å². The second-order valence-electron chi connectivity index (χ2n) is 3.89. The molecule has 0 bridgehead atoms. The van der Waals surface area contributed by atoms with E-state index < -0.39 is 0 Å². The van der Waals surface area contributed by atoms with Gasteiger partial charge < -0.3 is 10.1 Å². The molecule has 1 aromatic carbocycles. The monoisotopic (exact) mass is 207 g/mol. The van der Waals surface area contributed by atoms with Crippen molar-refractivity contribution in [1.82, 2.24) is 5.32 Å². The molecule has 1 N–H and O–H groups in total. The number of hydrogen-bond acceptors (Lipinski definition) is 2. The zero-order valence-corrected chi connectivity index (χ0v) is 10.1. The van der Waals surface area contributed by atoms with Gasteiger partial charge in [0.1, 0.15) is 0 Å². The summed E-state index contributed by atoms with van der Waals surface area (Å²) in [5.74, 6) is 0. The highest BCUT2D eigenvalue weighted by molar-refractivity contribution is 5.25. The van der Waals surface area contributed by atoms with Crippen molar-refractivity contribution in [1.29, 1.82) is 0 Å². The van der Waals surface area contributed by atoms with E-state index in [-0.39, 0.29) is 12.1 Å². The number of nitrogens with one attached hydrogen (secondary N) is 1. The minimum atomic E-state index is 0.187. The molecule has 0 spiro atoms. The van der Waals surface area contributed by atoms with Crippen LogP contribution in [0.2, 0.25) is 0 Å². The van der Waals surface area contributed by atoms with Gasteiger partial charge in [0.05, 0.1) is 12.1 Å². The third-order valence-corrected chi connectivity index (χ3v) is 2.67. The summed E-state index contributed by atoms with van der Waals surface area (Å²) in [5.41, 5.74) is 2.59. The SMILES string of the molecule is CCNC(c1cccc(C)c1)C(C)OC. The Morgan fingerprint density at radius 3 is 2.67 bits per heavy atom. The lowest BCUT2D eigenvalue weighted by atomic mass is 10.0. The molecular formula is C13H21NO. The molecule has 0 aliphatic rings. The fraction of sp³-hybridized carbons (Fsp3) is 0.538. The Labute approximate surface area is 92.6 Å². The van der Waals surface area contributed by atoms with E-state index in [2.05, 4.69) is 50.4 Å². The van der Waals surface area contributed by atoms with Gasteiger partial charge in [-0.15, -0.1) is 0 Å². The van der Waals surface area contributed by atoms with Crippen molar-refractivity contribution in [3.63, 3.8) is 0 Å². The number of benzene rings is 1. The lowest BCUT2D eigenvalue weighted by Gasteiger charge is -2.24. The van der Waals surface area contributed by atoms with Crippen LogP contribution in [0.5, 0.6) is 0 Å². The van der Waals surface area contributed by atoms with Crippen LogP contribution < -0.4 is 5.32 Å². The second-order valence-corrected chi connectivity index (χ2v) is 3.89. The summed E-state index contributed by atoms with van der Waals surface area (Å²) in [4.78, 5) is 0. The molecule has 0 aliphatic carbocycles. The molecule has 84 valence electrons. The van der Waals surface area contributed by atoms with Gasteiger partial charge in [0.15, 0.2) is 0 Å². The van der Waals surface area contributed by atoms with Crippen LogP contribution in [0.25, 0.3) is 0 Å². The first-order valence-corrected chi connectivity index (χ1v) is 5.51. The third kappa shape index (κ3) is 3.33. The molecule has 2 heteroatoms. The minimum absolute atomic E-state index is 0.187. The molecule has 1 rings (SSSR count). The lowest BCUT2D eigenvalue weighted by Crippen LogP contribution is -2.31. The maximum atomic E-state index is 5.40. The van der Waals surface area contributed by atoms with Gasteiger partial charge in [-0.1, -0.05) is 36.8 Å². The van der Waals surface area contributed by atoms with Crippen LogP contribution in [0.4, 0.5) is 0 Å². The molecule has 0 saturated heterocycles.